The summed E-state index contributed by atoms with van der Waals surface area (Å²) in [5.41, 5.74) is 1.10. The largest absolute Gasteiger partial charge is 0.288 e. The molecule has 1 aromatic carbocycles. The van der Waals surface area contributed by atoms with Gasteiger partial charge in [-0.1, -0.05) is 34.1 Å². The number of rotatable bonds is 3. The van der Waals surface area contributed by atoms with Crippen LogP contribution >= 0.6 is 15.9 Å². The predicted octanol–water partition coefficient (Wildman–Crippen LogP) is 3.05. The van der Waals surface area contributed by atoms with Gasteiger partial charge in [-0.2, -0.15) is 0 Å². The lowest BCUT2D eigenvalue weighted by atomic mass is 10.2. The number of benzene rings is 1. The highest BCUT2D eigenvalue weighted by atomic mass is 79.9. The van der Waals surface area contributed by atoms with Gasteiger partial charge in [0.15, 0.2) is 0 Å². The van der Waals surface area contributed by atoms with Gasteiger partial charge in [0.05, 0.1) is 6.54 Å². The highest BCUT2D eigenvalue weighted by molar-refractivity contribution is 9.10. The van der Waals surface area contributed by atoms with Gasteiger partial charge in [-0.3, -0.25) is 4.99 Å². The molecule has 0 aromatic heterocycles. The summed E-state index contributed by atoms with van der Waals surface area (Å²) in [5, 5.41) is 0. The number of nitrogens with zero attached hydrogens (tertiary/aromatic N) is 1. The monoisotopic (exact) mass is 223 g/mol. The van der Waals surface area contributed by atoms with Gasteiger partial charge in [0.1, 0.15) is 0 Å². The van der Waals surface area contributed by atoms with Crippen molar-refractivity contribution in [3.63, 3.8) is 0 Å². The molecule has 0 saturated carbocycles. The van der Waals surface area contributed by atoms with Crippen LogP contribution in [0.25, 0.3) is 0 Å². The first kappa shape index (κ1) is 9.20. The molecule has 0 saturated heterocycles. The lowest BCUT2D eigenvalue weighted by molar-refractivity contribution is 1.26. The molecule has 0 bridgehead atoms. The van der Waals surface area contributed by atoms with E-state index in [4.69, 9.17) is 0 Å². The van der Waals surface area contributed by atoms with E-state index >= 15 is 0 Å². The fourth-order valence-electron chi connectivity index (χ4n) is 0.820. The molecular formula is C10H10BrN. The average Bonchev–Trinajstić information content (AvgIpc) is 2.05. The zero-order valence-electron chi connectivity index (χ0n) is 6.70. The minimum Gasteiger partial charge on any atom is -0.288 e. The number of aliphatic imine (C=N–C) groups is 1. The van der Waals surface area contributed by atoms with Gasteiger partial charge in [0.25, 0.3) is 0 Å². The van der Waals surface area contributed by atoms with Crippen molar-refractivity contribution in [3.8, 4) is 0 Å². The highest BCUT2D eigenvalue weighted by Crippen LogP contribution is 2.09. The molecule has 0 fully saturated rings. The Hall–Kier alpha value is -0.890. The van der Waals surface area contributed by atoms with E-state index in [9.17, 15) is 0 Å². The van der Waals surface area contributed by atoms with Crippen LogP contribution in [-0.2, 0) is 0 Å². The van der Waals surface area contributed by atoms with Gasteiger partial charge in [0.2, 0.25) is 0 Å². The summed E-state index contributed by atoms with van der Waals surface area (Å²) in [7, 11) is 0. The first-order valence-corrected chi connectivity index (χ1v) is 4.48. The fraction of sp³-hybridized carbons (Fsp3) is 0.100. The Morgan fingerprint density at radius 3 is 3.00 bits per heavy atom. The van der Waals surface area contributed by atoms with E-state index in [2.05, 4.69) is 27.5 Å². The molecule has 2 heteroatoms. The van der Waals surface area contributed by atoms with E-state index < -0.39 is 0 Å². The van der Waals surface area contributed by atoms with Crippen LogP contribution in [0.3, 0.4) is 0 Å². The van der Waals surface area contributed by atoms with Gasteiger partial charge in [-0.25, -0.2) is 0 Å². The van der Waals surface area contributed by atoms with Crippen molar-refractivity contribution in [3.05, 3.63) is 47.0 Å². The summed E-state index contributed by atoms with van der Waals surface area (Å²) in [6.07, 6.45) is 3.61. The number of hydrogen-bond acceptors (Lipinski definition) is 1. The van der Waals surface area contributed by atoms with Crippen molar-refractivity contribution in [2.24, 2.45) is 4.99 Å². The molecule has 0 aliphatic heterocycles. The summed E-state index contributed by atoms with van der Waals surface area (Å²) < 4.78 is 1.07. The summed E-state index contributed by atoms with van der Waals surface area (Å²) in [6, 6.07) is 8.01. The van der Waals surface area contributed by atoms with Crippen molar-refractivity contribution in [2.45, 2.75) is 0 Å². The standard InChI is InChI=1S/C10H10BrN/c1-2-6-12-8-9-4-3-5-10(11)7-9/h2-5,7-8H,1,6H2/b12-8+. The fourth-order valence-corrected chi connectivity index (χ4v) is 1.24. The smallest absolute Gasteiger partial charge is 0.0567 e. The highest BCUT2D eigenvalue weighted by Gasteiger charge is 1.87. The third-order valence-corrected chi connectivity index (χ3v) is 1.82. The number of halogens is 1. The van der Waals surface area contributed by atoms with E-state index in [1.165, 1.54) is 0 Å². The minimum atomic E-state index is 0.673. The third-order valence-electron chi connectivity index (χ3n) is 1.32. The van der Waals surface area contributed by atoms with Crippen LogP contribution in [0.4, 0.5) is 0 Å². The Balaban J connectivity index is 2.69. The van der Waals surface area contributed by atoms with E-state index in [0.29, 0.717) is 6.54 Å². The zero-order chi connectivity index (χ0) is 8.81. The molecule has 1 rings (SSSR count). The lowest BCUT2D eigenvalue weighted by Gasteiger charge is -1.92. The Morgan fingerprint density at radius 2 is 2.33 bits per heavy atom. The second-order valence-corrected chi connectivity index (χ2v) is 3.25. The quantitative estimate of drug-likeness (QED) is 0.552. The molecule has 1 nitrogen and oxygen atoms in total. The van der Waals surface area contributed by atoms with Crippen molar-refractivity contribution in [1.82, 2.24) is 0 Å². The number of hydrogen-bond donors (Lipinski definition) is 0. The molecule has 1 aromatic rings. The Morgan fingerprint density at radius 1 is 1.50 bits per heavy atom. The Bertz CT molecular complexity index is 292. The second kappa shape index (κ2) is 4.88. The first-order valence-electron chi connectivity index (χ1n) is 3.69. The van der Waals surface area contributed by atoms with Gasteiger partial charge in [-0.15, -0.1) is 6.58 Å². The van der Waals surface area contributed by atoms with Crippen LogP contribution in [0.15, 0.2) is 46.4 Å². The van der Waals surface area contributed by atoms with Crippen molar-refractivity contribution < 1.29 is 0 Å². The van der Waals surface area contributed by atoms with E-state index in [1.807, 2.05) is 30.5 Å². The molecule has 0 aliphatic carbocycles. The summed E-state index contributed by atoms with van der Waals surface area (Å²) in [5.74, 6) is 0. The molecule has 0 spiro atoms. The van der Waals surface area contributed by atoms with Gasteiger partial charge in [0, 0.05) is 10.7 Å². The van der Waals surface area contributed by atoms with E-state index in [0.717, 1.165) is 10.0 Å². The maximum atomic E-state index is 4.14. The Kier molecular flexibility index (Phi) is 3.74. The van der Waals surface area contributed by atoms with Crippen LogP contribution in [-0.4, -0.2) is 12.8 Å². The normalized spacial score (nSPS) is 10.4. The molecule has 0 radical (unpaired) electrons. The van der Waals surface area contributed by atoms with Crippen LogP contribution in [0, 0.1) is 0 Å². The van der Waals surface area contributed by atoms with Crippen molar-refractivity contribution in [2.75, 3.05) is 6.54 Å². The summed E-state index contributed by atoms with van der Waals surface area (Å²) in [6.45, 7) is 4.26. The van der Waals surface area contributed by atoms with Gasteiger partial charge in [-0.05, 0) is 17.7 Å². The topological polar surface area (TPSA) is 12.4 Å². The first-order chi connectivity index (χ1) is 5.83. The van der Waals surface area contributed by atoms with Crippen LogP contribution < -0.4 is 0 Å². The average molecular weight is 224 g/mol. The SMILES string of the molecule is C=CC/N=C/c1cccc(Br)c1. The molecule has 0 aliphatic rings. The zero-order valence-corrected chi connectivity index (χ0v) is 8.29. The van der Waals surface area contributed by atoms with Gasteiger partial charge < -0.3 is 0 Å². The van der Waals surface area contributed by atoms with Crippen LogP contribution in [0.2, 0.25) is 0 Å². The van der Waals surface area contributed by atoms with Crippen LogP contribution in [0.5, 0.6) is 0 Å². The summed E-state index contributed by atoms with van der Waals surface area (Å²) in [4.78, 5) is 4.14. The maximum absolute atomic E-state index is 4.14. The Labute approximate surface area is 81.0 Å². The maximum Gasteiger partial charge on any atom is 0.0567 e. The molecule has 62 valence electrons. The van der Waals surface area contributed by atoms with Gasteiger partial charge >= 0.3 is 0 Å². The molecule has 0 heterocycles. The molecule has 0 N–H and O–H groups in total. The molecule has 12 heavy (non-hydrogen) atoms. The van der Waals surface area contributed by atoms with E-state index in [-0.39, 0.29) is 0 Å². The molecule has 0 unspecified atom stereocenters. The molecule has 0 atom stereocenters. The second-order valence-electron chi connectivity index (χ2n) is 2.34. The van der Waals surface area contributed by atoms with Crippen molar-refractivity contribution >= 4 is 22.1 Å². The molecular weight excluding hydrogens is 214 g/mol. The van der Waals surface area contributed by atoms with Crippen LogP contribution in [0.1, 0.15) is 5.56 Å². The van der Waals surface area contributed by atoms with E-state index in [1.54, 1.807) is 6.08 Å². The predicted molar refractivity (Wildman–Crippen MR) is 56.8 cm³/mol. The molecule has 0 amide bonds. The van der Waals surface area contributed by atoms with Crippen molar-refractivity contribution in [1.29, 1.82) is 0 Å². The minimum absolute atomic E-state index is 0.673. The summed E-state index contributed by atoms with van der Waals surface area (Å²) >= 11 is 3.39. The third kappa shape index (κ3) is 3.01. The lowest BCUT2D eigenvalue weighted by Crippen LogP contribution is -1.81.